The first-order valence-corrected chi connectivity index (χ1v) is 12.6. The highest BCUT2D eigenvalue weighted by Crippen LogP contribution is 2.36. The highest BCUT2D eigenvalue weighted by molar-refractivity contribution is 6.60. The fraction of sp³-hybridized carbons (Fsp3) is 0.194. The van der Waals surface area contributed by atoms with Crippen LogP contribution in [0.3, 0.4) is 0 Å². The number of fused-ring (bicyclic) bond motifs is 1. The van der Waals surface area contributed by atoms with E-state index in [1.165, 1.54) is 0 Å². The van der Waals surface area contributed by atoms with Crippen molar-refractivity contribution in [3.05, 3.63) is 97.1 Å². The van der Waals surface area contributed by atoms with Crippen molar-refractivity contribution in [1.82, 2.24) is 15.0 Å². The first-order valence-electron chi connectivity index (χ1n) is 12.6. The minimum absolute atomic E-state index is 0.469. The van der Waals surface area contributed by atoms with Crippen molar-refractivity contribution in [2.45, 2.75) is 38.9 Å². The second-order valence-electron chi connectivity index (χ2n) is 10.4. The summed E-state index contributed by atoms with van der Waals surface area (Å²) in [5, 5.41) is 2.21. The van der Waals surface area contributed by atoms with Gasteiger partial charge in [0.25, 0.3) is 0 Å². The molecule has 1 saturated heterocycles. The zero-order valence-corrected chi connectivity index (χ0v) is 21.5. The third-order valence-electron chi connectivity index (χ3n) is 7.38. The van der Waals surface area contributed by atoms with E-state index in [0.29, 0.717) is 17.4 Å². The van der Waals surface area contributed by atoms with Gasteiger partial charge >= 0.3 is 7.12 Å². The highest BCUT2D eigenvalue weighted by atomic mass is 16.7. The molecule has 0 N–H and O–H groups in total. The predicted molar refractivity (Wildman–Crippen MR) is 149 cm³/mol. The fourth-order valence-electron chi connectivity index (χ4n) is 4.58. The summed E-state index contributed by atoms with van der Waals surface area (Å²) in [6, 6.07) is 33.0. The van der Waals surface area contributed by atoms with Crippen LogP contribution in [0.2, 0.25) is 0 Å². The molecule has 0 saturated carbocycles. The van der Waals surface area contributed by atoms with E-state index in [0.717, 1.165) is 33.0 Å². The lowest BCUT2D eigenvalue weighted by Crippen LogP contribution is -2.41. The van der Waals surface area contributed by atoms with Crippen LogP contribution in [0.4, 0.5) is 0 Å². The molecule has 6 rings (SSSR count). The summed E-state index contributed by atoms with van der Waals surface area (Å²) in [5.41, 5.74) is 3.55. The molecule has 4 aromatic carbocycles. The summed E-state index contributed by atoms with van der Waals surface area (Å²) in [5.74, 6) is 1.18. The summed E-state index contributed by atoms with van der Waals surface area (Å²) in [6.45, 7) is 8.13. The van der Waals surface area contributed by atoms with E-state index in [1.54, 1.807) is 0 Å². The van der Waals surface area contributed by atoms with Crippen molar-refractivity contribution in [2.24, 2.45) is 0 Å². The van der Waals surface area contributed by atoms with Gasteiger partial charge in [-0.25, -0.2) is 15.0 Å². The van der Waals surface area contributed by atoms with Crippen molar-refractivity contribution in [2.75, 3.05) is 0 Å². The minimum atomic E-state index is -0.696. The van der Waals surface area contributed by atoms with Crippen LogP contribution in [0, 0.1) is 0 Å². The molecule has 0 atom stereocenters. The first-order chi connectivity index (χ1) is 17.8. The number of nitrogens with zero attached hydrogens (tertiary/aromatic N) is 3. The van der Waals surface area contributed by atoms with Crippen LogP contribution in [0.15, 0.2) is 97.1 Å². The Balaban J connectivity index is 1.53. The number of benzene rings is 4. The van der Waals surface area contributed by atoms with E-state index in [1.807, 2.05) is 76.2 Å². The third kappa shape index (κ3) is 4.33. The molecular weight excluding hydrogens is 457 g/mol. The zero-order chi connectivity index (χ0) is 25.6. The molecular formula is C31H28BN3O2. The van der Waals surface area contributed by atoms with Gasteiger partial charge in [0.05, 0.1) is 11.2 Å². The van der Waals surface area contributed by atoms with Crippen molar-refractivity contribution in [1.29, 1.82) is 0 Å². The Hall–Kier alpha value is -3.87. The van der Waals surface area contributed by atoms with Crippen LogP contribution >= 0.6 is 0 Å². The van der Waals surface area contributed by atoms with E-state index in [4.69, 9.17) is 24.3 Å². The van der Waals surface area contributed by atoms with Crippen LogP contribution in [-0.4, -0.2) is 33.3 Å². The standard InChI is InChI=1S/C31H28BN3O2/c1-30(2)31(3,4)37-32(36-30)29-34-27(24-17-10-16-23(20-24)21-12-6-5-7-13-21)33-28(35-29)26-19-11-15-22-14-8-9-18-25(22)26/h5-20H,1-4H3. The summed E-state index contributed by atoms with van der Waals surface area (Å²) in [6.07, 6.45) is 0. The Morgan fingerprint density at radius 2 is 1.16 bits per heavy atom. The molecule has 182 valence electrons. The Morgan fingerprint density at radius 1 is 0.568 bits per heavy atom. The van der Waals surface area contributed by atoms with Crippen LogP contribution in [-0.2, 0) is 9.31 Å². The zero-order valence-electron chi connectivity index (χ0n) is 21.5. The van der Waals surface area contributed by atoms with Crippen molar-refractivity contribution in [3.63, 3.8) is 0 Å². The van der Waals surface area contributed by atoms with Gasteiger partial charge in [-0.1, -0.05) is 91.0 Å². The molecule has 1 aromatic heterocycles. The van der Waals surface area contributed by atoms with Crippen molar-refractivity contribution < 1.29 is 9.31 Å². The molecule has 0 bridgehead atoms. The van der Waals surface area contributed by atoms with Crippen LogP contribution in [0.1, 0.15) is 27.7 Å². The van der Waals surface area contributed by atoms with Crippen molar-refractivity contribution >= 4 is 23.6 Å². The summed E-state index contributed by atoms with van der Waals surface area (Å²) < 4.78 is 12.7. The van der Waals surface area contributed by atoms with Gasteiger partial charge in [0, 0.05) is 11.1 Å². The SMILES string of the molecule is CC1(C)OB(c2nc(-c3cccc(-c4ccccc4)c3)nc(-c3cccc4ccccc34)n2)OC1(C)C. The molecule has 0 radical (unpaired) electrons. The van der Waals surface area contributed by atoms with E-state index in [-0.39, 0.29) is 0 Å². The van der Waals surface area contributed by atoms with Crippen LogP contribution in [0.25, 0.3) is 44.7 Å². The summed E-state index contributed by atoms with van der Waals surface area (Å²) in [4.78, 5) is 14.8. The van der Waals surface area contributed by atoms with Gasteiger partial charge in [0.1, 0.15) is 0 Å². The minimum Gasteiger partial charge on any atom is -0.397 e. The molecule has 5 aromatic rings. The smallest absolute Gasteiger partial charge is 0.397 e. The monoisotopic (exact) mass is 485 g/mol. The maximum absolute atomic E-state index is 6.34. The molecule has 0 aliphatic carbocycles. The van der Waals surface area contributed by atoms with E-state index in [9.17, 15) is 0 Å². The molecule has 6 heteroatoms. The second kappa shape index (κ2) is 8.91. The first kappa shape index (κ1) is 23.5. The lowest BCUT2D eigenvalue weighted by Gasteiger charge is -2.32. The number of hydrogen-bond donors (Lipinski definition) is 0. The summed E-state index contributed by atoms with van der Waals surface area (Å²) >= 11 is 0. The molecule has 1 aliphatic rings. The van der Waals surface area contributed by atoms with Gasteiger partial charge in [-0.3, -0.25) is 0 Å². The Kier molecular flexibility index (Phi) is 5.66. The normalized spacial score (nSPS) is 16.3. The lowest BCUT2D eigenvalue weighted by atomic mass is 9.88. The molecule has 1 aliphatic heterocycles. The van der Waals surface area contributed by atoms with Gasteiger partial charge in [0.15, 0.2) is 17.4 Å². The topological polar surface area (TPSA) is 57.1 Å². The number of rotatable bonds is 4. The second-order valence-corrected chi connectivity index (χ2v) is 10.4. The maximum atomic E-state index is 6.34. The van der Waals surface area contributed by atoms with Gasteiger partial charge in [-0.15, -0.1) is 0 Å². The Morgan fingerprint density at radius 3 is 1.95 bits per heavy atom. The largest absolute Gasteiger partial charge is 0.534 e. The highest BCUT2D eigenvalue weighted by Gasteiger charge is 2.53. The molecule has 2 heterocycles. The lowest BCUT2D eigenvalue weighted by molar-refractivity contribution is 0.00578. The number of aromatic nitrogens is 3. The average Bonchev–Trinajstić information content (AvgIpc) is 3.15. The molecule has 5 nitrogen and oxygen atoms in total. The molecule has 1 fully saturated rings. The van der Waals surface area contributed by atoms with Gasteiger partial charge in [-0.2, -0.15) is 0 Å². The molecule has 0 amide bonds. The molecule has 0 spiro atoms. The van der Waals surface area contributed by atoms with Crippen molar-refractivity contribution in [3.8, 4) is 33.9 Å². The van der Waals surface area contributed by atoms with Gasteiger partial charge in [0.2, 0.25) is 0 Å². The van der Waals surface area contributed by atoms with E-state index >= 15 is 0 Å². The number of hydrogen-bond acceptors (Lipinski definition) is 5. The Bertz CT molecular complexity index is 1580. The van der Waals surface area contributed by atoms with Crippen LogP contribution in [0.5, 0.6) is 0 Å². The fourth-order valence-corrected chi connectivity index (χ4v) is 4.58. The van der Waals surface area contributed by atoms with Crippen LogP contribution < -0.4 is 5.72 Å². The van der Waals surface area contributed by atoms with E-state index in [2.05, 4.69) is 48.5 Å². The molecule has 37 heavy (non-hydrogen) atoms. The predicted octanol–water partition coefficient (Wildman–Crippen LogP) is 6.33. The quantitative estimate of drug-likeness (QED) is 0.279. The summed E-state index contributed by atoms with van der Waals surface area (Å²) in [7, 11) is -0.696. The van der Waals surface area contributed by atoms with E-state index < -0.39 is 18.3 Å². The van der Waals surface area contributed by atoms with Gasteiger partial charge in [-0.05, 0) is 55.7 Å². The average molecular weight is 485 g/mol. The Labute approximate surface area is 217 Å². The van der Waals surface area contributed by atoms with Gasteiger partial charge < -0.3 is 9.31 Å². The molecule has 0 unspecified atom stereocenters. The third-order valence-corrected chi connectivity index (χ3v) is 7.38. The maximum Gasteiger partial charge on any atom is 0.534 e.